The molecule has 0 aliphatic carbocycles. The summed E-state index contributed by atoms with van der Waals surface area (Å²) in [6.07, 6.45) is 2.44. The molecule has 4 nitrogen and oxygen atoms in total. The highest BCUT2D eigenvalue weighted by molar-refractivity contribution is 7.99. The summed E-state index contributed by atoms with van der Waals surface area (Å²) in [7, 11) is 1.85. The van der Waals surface area contributed by atoms with Crippen molar-refractivity contribution >= 4 is 17.6 Å². The number of hydrogen-bond donors (Lipinski definition) is 2. The number of aliphatic hydroxyl groups excluding tert-OH is 1. The van der Waals surface area contributed by atoms with Gasteiger partial charge in [-0.05, 0) is 6.42 Å². The van der Waals surface area contributed by atoms with E-state index in [0.29, 0.717) is 5.75 Å². The highest BCUT2D eigenvalue weighted by Gasteiger charge is 2.08. The van der Waals surface area contributed by atoms with Crippen LogP contribution in [0.4, 0.5) is 5.82 Å². The quantitative estimate of drug-likeness (QED) is 0.568. The molecule has 0 radical (unpaired) electrons. The SMILES string of the molecule is CCc1c(NC)ncnc1SCCO. The van der Waals surface area contributed by atoms with E-state index in [1.54, 1.807) is 18.1 Å². The molecule has 78 valence electrons. The lowest BCUT2D eigenvalue weighted by molar-refractivity contribution is 0.322. The van der Waals surface area contributed by atoms with Gasteiger partial charge < -0.3 is 10.4 Å². The van der Waals surface area contributed by atoms with Crippen LogP contribution in [-0.4, -0.2) is 34.5 Å². The molecular weight excluding hydrogens is 198 g/mol. The summed E-state index contributed by atoms with van der Waals surface area (Å²) in [5.41, 5.74) is 1.12. The molecule has 0 aliphatic heterocycles. The maximum absolute atomic E-state index is 8.74. The van der Waals surface area contributed by atoms with Gasteiger partial charge in [0, 0.05) is 18.4 Å². The van der Waals surface area contributed by atoms with E-state index >= 15 is 0 Å². The molecule has 0 unspecified atom stereocenters. The Labute approximate surface area is 88.2 Å². The van der Waals surface area contributed by atoms with Crippen LogP contribution < -0.4 is 5.32 Å². The lowest BCUT2D eigenvalue weighted by Gasteiger charge is -2.09. The average Bonchev–Trinajstić information content (AvgIpc) is 2.25. The molecule has 0 spiro atoms. The van der Waals surface area contributed by atoms with Gasteiger partial charge in [-0.2, -0.15) is 0 Å². The van der Waals surface area contributed by atoms with Crippen molar-refractivity contribution in [1.82, 2.24) is 9.97 Å². The van der Waals surface area contributed by atoms with Crippen LogP contribution in [0, 0.1) is 0 Å². The fraction of sp³-hybridized carbons (Fsp3) is 0.556. The molecule has 1 aromatic rings. The summed E-state index contributed by atoms with van der Waals surface area (Å²) in [4.78, 5) is 8.34. The fourth-order valence-electron chi connectivity index (χ4n) is 1.20. The van der Waals surface area contributed by atoms with Gasteiger partial charge in [-0.1, -0.05) is 6.92 Å². The molecule has 0 bridgehead atoms. The molecule has 1 rings (SSSR count). The Bertz CT molecular complexity index is 293. The number of nitrogens with one attached hydrogen (secondary N) is 1. The third kappa shape index (κ3) is 2.59. The number of nitrogens with zero attached hydrogens (tertiary/aromatic N) is 2. The zero-order chi connectivity index (χ0) is 10.4. The minimum Gasteiger partial charge on any atom is -0.396 e. The minimum absolute atomic E-state index is 0.173. The Morgan fingerprint density at radius 2 is 2.29 bits per heavy atom. The third-order valence-electron chi connectivity index (χ3n) is 1.83. The zero-order valence-corrected chi connectivity index (χ0v) is 9.27. The topological polar surface area (TPSA) is 58.0 Å². The standard InChI is InChI=1S/C9H15N3OS/c1-3-7-8(10-2)11-6-12-9(7)14-5-4-13/h6,13H,3-5H2,1-2H3,(H,10,11,12). The fourth-order valence-corrected chi connectivity index (χ4v) is 2.02. The summed E-state index contributed by atoms with van der Waals surface area (Å²) >= 11 is 1.56. The first-order valence-electron chi connectivity index (χ1n) is 4.58. The van der Waals surface area contributed by atoms with Crippen LogP contribution in [0.5, 0.6) is 0 Å². The van der Waals surface area contributed by atoms with Crippen LogP contribution >= 0.6 is 11.8 Å². The maximum atomic E-state index is 8.74. The molecule has 0 saturated carbocycles. The van der Waals surface area contributed by atoms with E-state index in [4.69, 9.17) is 5.11 Å². The molecule has 1 heterocycles. The second-order valence-corrected chi connectivity index (χ2v) is 3.77. The number of anilines is 1. The number of rotatable bonds is 5. The third-order valence-corrected chi connectivity index (χ3v) is 2.84. The van der Waals surface area contributed by atoms with Gasteiger partial charge in [-0.15, -0.1) is 11.8 Å². The van der Waals surface area contributed by atoms with Crippen LogP contribution in [0.2, 0.25) is 0 Å². The molecule has 2 N–H and O–H groups in total. The highest BCUT2D eigenvalue weighted by Crippen LogP contribution is 2.24. The largest absolute Gasteiger partial charge is 0.396 e. The monoisotopic (exact) mass is 213 g/mol. The van der Waals surface area contributed by atoms with E-state index in [2.05, 4.69) is 22.2 Å². The Hall–Kier alpha value is -0.810. The molecule has 14 heavy (non-hydrogen) atoms. The Balaban J connectivity index is 2.90. The van der Waals surface area contributed by atoms with Gasteiger partial charge in [0.05, 0.1) is 6.61 Å². The van der Waals surface area contributed by atoms with Crippen LogP contribution in [-0.2, 0) is 6.42 Å². The number of thioether (sulfide) groups is 1. The van der Waals surface area contributed by atoms with Crippen molar-refractivity contribution < 1.29 is 5.11 Å². The van der Waals surface area contributed by atoms with Gasteiger partial charge in [0.25, 0.3) is 0 Å². The summed E-state index contributed by atoms with van der Waals surface area (Å²) in [5, 5.41) is 12.7. The number of aliphatic hydroxyl groups is 1. The second-order valence-electron chi connectivity index (χ2n) is 2.68. The van der Waals surface area contributed by atoms with Crippen LogP contribution in [0.1, 0.15) is 12.5 Å². The number of aromatic nitrogens is 2. The molecule has 0 aliphatic rings. The predicted molar refractivity (Wildman–Crippen MR) is 58.8 cm³/mol. The minimum atomic E-state index is 0.173. The molecule has 0 saturated heterocycles. The Morgan fingerprint density at radius 1 is 1.50 bits per heavy atom. The predicted octanol–water partition coefficient (Wildman–Crippen LogP) is 1.17. The Kier molecular flexibility index (Phi) is 4.69. The van der Waals surface area contributed by atoms with Crippen LogP contribution in [0.3, 0.4) is 0 Å². The second kappa shape index (κ2) is 5.82. The maximum Gasteiger partial charge on any atom is 0.133 e. The van der Waals surface area contributed by atoms with E-state index in [9.17, 15) is 0 Å². The van der Waals surface area contributed by atoms with E-state index < -0.39 is 0 Å². The molecule has 0 atom stereocenters. The van der Waals surface area contributed by atoms with Crippen molar-refractivity contribution in [2.45, 2.75) is 18.4 Å². The van der Waals surface area contributed by atoms with Gasteiger partial charge in [0.1, 0.15) is 17.2 Å². The smallest absolute Gasteiger partial charge is 0.133 e. The van der Waals surface area contributed by atoms with Gasteiger partial charge in [0.15, 0.2) is 0 Å². The number of hydrogen-bond acceptors (Lipinski definition) is 5. The first-order valence-corrected chi connectivity index (χ1v) is 5.57. The van der Waals surface area contributed by atoms with Crippen molar-refractivity contribution in [2.75, 3.05) is 24.7 Å². The molecule has 5 heteroatoms. The van der Waals surface area contributed by atoms with E-state index in [1.165, 1.54) is 0 Å². The zero-order valence-electron chi connectivity index (χ0n) is 8.45. The molecule has 1 aromatic heterocycles. The van der Waals surface area contributed by atoms with Crippen molar-refractivity contribution in [3.05, 3.63) is 11.9 Å². The summed E-state index contributed by atoms with van der Waals surface area (Å²) in [6.45, 7) is 2.25. The van der Waals surface area contributed by atoms with Crippen LogP contribution in [0.25, 0.3) is 0 Å². The van der Waals surface area contributed by atoms with Gasteiger partial charge in [0.2, 0.25) is 0 Å². The Morgan fingerprint density at radius 3 is 2.86 bits per heavy atom. The van der Waals surface area contributed by atoms with E-state index in [1.807, 2.05) is 7.05 Å². The van der Waals surface area contributed by atoms with E-state index in [0.717, 1.165) is 22.8 Å². The highest BCUT2D eigenvalue weighted by atomic mass is 32.2. The molecule has 0 aromatic carbocycles. The van der Waals surface area contributed by atoms with Crippen LogP contribution in [0.15, 0.2) is 11.4 Å². The van der Waals surface area contributed by atoms with Gasteiger partial charge in [-0.25, -0.2) is 9.97 Å². The summed E-state index contributed by atoms with van der Waals surface area (Å²) in [6, 6.07) is 0. The van der Waals surface area contributed by atoms with Crippen molar-refractivity contribution in [3.63, 3.8) is 0 Å². The summed E-state index contributed by atoms with van der Waals surface area (Å²) < 4.78 is 0. The molecule has 0 fully saturated rings. The first-order chi connectivity index (χ1) is 6.83. The van der Waals surface area contributed by atoms with Crippen molar-refractivity contribution in [1.29, 1.82) is 0 Å². The van der Waals surface area contributed by atoms with Gasteiger partial charge >= 0.3 is 0 Å². The summed E-state index contributed by atoms with van der Waals surface area (Å²) in [5.74, 6) is 1.55. The van der Waals surface area contributed by atoms with Crippen molar-refractivity contribution in [2.24, 2.45) is 0 Å². The average molecular weight is 213 g/mol. The normalized spacial score (nSPS) is 10.2. The van der Waals surface area contributed by atoms with E-state index in [-0.39, 0.29) is 6.61 Å². The van der Waals surface area contributed by atoms with Gasteiger partial charge in [-0.3, -0.25) is 0 Å². The molecule has 0 amide bonds. The lowest BCUT2D eigenvalue weighted by atomic mass is 10.2. The first kappa shape index (κ1) is 11.3. The molecular formula is C9H15N3OS. The lowest BCUT2D eigenvalue weighted by Crippen LogP contribution is -2.02. The van der Waals surface area contributed by atoms with Crippen molar-refractivity contribution in [3.8, 4) is 0 Å².